The van der Waals surface area contributed by atoms with Gasteiger partial charge in [-0.15, -0.1) is 5.10 Å². The summed E-state index contributed by atoms with van der Waals surface area (Å²) in [5.74, 6) is -2.42. The highest BCUT2D eigenvalue weighted by atomic mass is 19.4. The molecule has 6 nitrogen and oxygen atoms in total. The topological polar surface area (TPSA) is 77.2 Å². The Kier molecular flexibility index (Phi) is 2.82. The Hall–Kier alpha value is -1.80. The Balaban J connectivity index is 3.11. The molecular formula is C6H6F3N3O3. The Morgan fingerprint density at radius 1 is 1.53 bits per heavy atom. The van der Waals surface area contributed by atoms with E-state index in [1.54, 1.807) is 0 Å². The normalized spacial score (nSPS) is 11.5. The van der Waals surface area contributed by atoms with Gasteiger partial charge < -0.3 is 9.84 Å². The monoisotopic (exact) mass is 225 g/mol. The molecular weight excluding hydrogens is 219 g/mol. The number of alkyl halides is 3. The molecule has 0 saturated heterocycles. The molecule has 0 unspecified atom stereocenters. The lowest BCUT2D eigenvalue weighted by Gasteiger charge is -2.09. The summed E-state index contributed by atoms with van der Waals surface area (Å²) in [6.45, 7) is -1.51. The second kappa shape index (κ2) is 3.75. The number of halogens is 3. The number of aromatic carboxylic acids is 1. The van der Waals surface area contributed by atoms with E-state index < -0.39 is 30.5 Å². The molecule has 1 rings (SSSR count). The number of hydrogen-bond acceptors (Lipinski definition) is 4. The van der Waals surface area contributed by atoms with Gasteiger partial charge in [0.25, 0.3) is 0 Å². The molecule has 0 atom stereocenters. The van der Waals surface area contributed by atoms with Crippen molar-refractivity contribution < 1.29 is 27.8 Å². The number of ether oxygens (including phenoxy) is 1. The zero-order valence-electron chi connectivity index (χ0n) is 7.45. The lowest BCUT2D eigenvalue weighted by molar-refractivity contribution is -0.141. The van der Waals surface area contributed by atoms with Gasteiger partial charge in [0.15, 0.2) is 0 Å². The quantitative estimate of drug-likeness (QED) is 0.812. The Bertz CT molecular complexity index is 373. The van der Waals surface area contributed by atoms with Crippen molar-refractivity contribution in [2.45, 2.75) is 12.7 Å². The number of hydrogen-bond donors (Lipinski definition) is 1. The average Bonchev–Trinajstić information content (AvgIpc) is 2.44. The van der Waals surface area contributed by atoms with E-state index >= 15 is 0 Å². The van der Waals surface area contributed by atoms with Gasteiger partial charge in [-0.05, 0) is 0 Å². The van der Waals surface area contributed by atoms with Gasteiger partial charge in [0.1, 0.15) is 6.54 Å². The number of carboxylic acids is 1. The van der Waals surface area contributed by atoms with Crippen LogP contribution in [0.25, 0.3) is 0 Å². The van der Waals surface area contributed by atoms with E-state index in [0.29, 0.717) is 4.57 Å². The number of carboxylic acid groups (broad SMARTS) is 1. The van der Waals surface area contributed by atoms with Crippen molar-refractivity contribution in [3.63, 3.8) is 0 Å². The summed E-state index contributed by atoms with van der Waals surface area (Å²) in [6.07, 6.45) is -4.57. The van der Waals surface area contributed by atoms with Crippen molar-refractivity contribution in [1.82, 2.24) is 14.8 Å². The summed E-state index contributed by atoms with van der Waals surface area (Å²) < 4.78 is 40.9. The van der Waals surface area contributed by atoms with Gasteiger partial charge in [-0.2, -0.15) is 13.2 Å². The predicted octanol–water partition coefficient (Wildman–Crippen LogP) is 0.547. The zero-order chi connectivity index (χ0) is 11.6. The molecule has 0 aliphatic carbocycles. The van der Waals surface area contributed by atoms with Crippen LogP contribution in [0.2, 0.25) is 0 Å². The molecule has 0 bridgehead atoms. The van der Waals surface area contributed by atoms with Crippen LogP contribution in [0.3, 0.4) is 0 Å². The number of rotatable bonds is 3. The number of aromatic nitrogens is 3. The number of carbonyl (C=O) groups is 1. The van der Waals surface area contributed by atoms with Crippen LogP contribution in [-0.2, 0) is 6.54 Å². The van der Waals surface area contributed by atoms with E-state index in [2.05, 4.69) is 14.9 Å². The van der Waals surface area contributed by atoms with Gasteiger partial charge in [-0.3, -0.25) is 4.57 Å². The minimum absolute atomic E-state index is 0.336. The molecule has 0 aromatic carbocycles. The molecule has 0 aliphatic rings. The summed E-state index contributed by atoms with van der Waals surface area (Å²) in [5, 5.41) is 14.7. The van der Waals surface area contributed by atoms with Gasteiger partial charge in [-0.25, -0.2) is 4.79 Å². The van der Waals surface area contributed by atoms with Crippen LogP contribution in [0, 0.1) is 0 Å². The third-order valence-electron chi connectivity index (χ3n) is 1.43. The maximum Gasteiger partial charge on any atom is 0.406 e. The summed E-state index contributed by atoms with van der Waals surface area (Å²) in [6, 6.07) is -0.496. The van der Waals surface area contributed by atoms with E-state index in [1.165, 1.54) is 0 Å². The first kappa shape index (κ1) is 11.3. The van der Waals surface area contributed by atoms with E-state index in [4.69, 9.17) is 5.11 Å². The Morgan fingerprint density at radius 2 is 2.13 bits per heavy atom. The van der Waals surface area contributed by atoms with Crippen molar-refractivity contribution >= 4 is 5.97 Å². The standard InChI is InChI=1S/C6H6F3N3O3/c1-15-5-11-10-3(4(13)14)12(5)2-6(7,8)9/h2H2,1H3,(H,13,14). The maximum atomic E-state index is 12.1. The van der Waals surface area contributed by atoms with Crippen LogP contribution >= 0.6 is 0 Å². The van der Waals surface area contributed by atoms with Gasteiger partial charge >= 0.3 is 18.2 Å². The third kappa shape index (κ3) is 2.58. The molecule has 1 heterocycles. The van der Waals surface area contributed by atoms with Crippen molar-refractivity contribution in [1.29, 1.82) is 0 Å². The SMILES string of the molecule is COc1nnc(C(=O)O)n1CC(F)(F)F. The Labute approximate surface area is 81.3 Å². The smallest absolute Gasteiger partial charge is 0.406 e. The van der Waals surface area contributed by atoms with Gasteiger partial charge in [0.2, 0.25) is 5.82 Å². The second-order valence-corrected chi connectivity index (χ2v) is 2.52. The van der Waals surface area contributed by atoms with E-state index in [1.807, 2.05) is 0 Å². The van der Waals surface area contributed by atoms with Crippen LogP contribution in [0.15, 0.2) is 0 Å². The maximum absolute atomic E-state index is 12.1. The van der Waals surface area contributed by atoms with Crippen molar-refractivity contribution in [3.8, 4) is 6.01 Å². The first-order chi connectivity index (χ1) is 6.85. The highest BCUT2D eigenvalue weighted by Gasteiger charge is 2.32. The van der Waals surface area contributed by atoms with E-state index in [9.17, 15) is 18.0 Å². The highest BCUT2D eigenvalue weighted by Crippen LogP contribution is 2.21. The summed E-state index contributed by atoms with van der Waals surface area (Å²) in [5.41, 5.74) is 0. The van der Waals surface area contributed by atoms with E-state index in [-0.39, 0.29) is 0 Å². The summed E-state index contributed by atoms with van der Waals surface area (Å²) in [4.78, 5) is 10.5. The van der Waals surface area contributed by atoms with Crippen LogP contribution in [0.5, 0.6) is 6.01 Å². The van der Waals surface area contributed by atoms with E-state index in [0.717, 1.165) is 7.11 Å². The Morgan fingerprint density at radius 3 is 2.53 bits per heavy atom. The number of methoxy groups -OCH3 is 1. The molecule has 1 aromatic rings. The molecule has 9 heteroatoms. The zero-order valence-corrected chi connectivity index (χ0v) is 7.45. The largest absolute Gasteiger partial charge is 0.475 e. The van der Waals surface area contributed by atoms with Crippen LogP contribution in [-0.4, -0.2) is 39.1 Å². The first-order valence-electron chi connectivity index (χ1n) is 3.62. The average molecular weight is 225 g/mol. The van der Waals surface area contributed by atoms with Crippen molar-refractivity contribution in [2.75, 3.05) is 7.11 Å². The van der Waals surface area contributed by atoms with Crippen LogP contribution in [0.4, 0.5) is 13.2 Å². The van der Waals surface area contributed by atoms with Crippen LogP contribution < -0.4 is 4.74 Å². The third-order valence-corrected chi connectivity index (χ3v) is 1.43. The van der Waals surface area contributed by atoms with Crippen LogP contribution in [0.1, 0.15) is 10.6 Å². The fraction of sp³-hybridized carbons (Fsp3) is 0.500. The lowest BCUT2D eigenvalue weighted by atomic mass is 10.5. The molecule has 0 fully saturated rings. The molecule has 0 aliphatic heterocycles. The van der Waals surface area contributed by atoms with Crippen molar-refractivity contribution in [2.24, 2.45) is 0 Å². The summed E-state index contributed by atoms with van der Waals surface area (Å²) in [7, 11) is 1.07. The molecule has 0 saturated carbocycles. The highest BCUT2D eigenvalue weighted by molar-refractivity contribution is 5.83. The second-order valence-electron chi connectivity index (χ2n) is 2.52. The molecule has 1 N–H and O–H groups in total. The molecule has 84 valence electrons. The minimum Gasteiger partial charge on any atom is -0.475 e. The molecule has 0 radical (unpaired) electrons. The fourth-order valence-corrected chi connectivity index (χ4v) is 0.920. The van der Waals surface area contributed by atoms with Gasteiger partial charge in [-0.1, -0.05) is 5.10 Å². The molecule has 0 amide bonds. The molecule has 0 spiro atoms. The predicted molar refractivity (Wildman–Crippen MR) is 39.6 cm³/mol. The van der Waals surface area contributed by atoms with Gasteiger partial charge in [0.05, 0.1) is 7.11 Å². The summed E-state index contributed by atoms with van der Waals surface area (Å²) >= 11 is 0. The fourth-order valence-electron chi connectivity index (χ4n) is 0.920. The minimum atomic E-state index is -4.57. The molecule has 1 aromatic heterocycles. The van der Waals surface area contributed by atoms with Gasteiger partial charge in [0, 0.05) is 0 Å². The lowest BCUT2D eigenvalue weighted by Crippen LogP contribution is -2.22. The van der Waals surface area contributed by atoms with Crippen molar-refractivity contribution in [3.05, 3.63) is 5.82 Å². The number of nitrogens with zero attached hydrogens (tertiary/aromatic N) is 3. The first-order valence-corrected chi connectivity index (χ1v) is 3.62. The molecule has 15 heavy (non-hydrogen) atoms.